The highest BCUT2D eigenvalue weighted by Crippen LogP contribution is 2.47. The number of likely N-dealkylation sites (tertiary alicyclic amines) is 1. The van der Waals surface area contributed by atoms with Crippen molar-refractivity contribution in [2.45, 2.75) is 89.4 Å². The van der Waals surface area contributed by atoms with Gasteiger partial charge in [0.05, 0.1) is 6.04 Å². The molecule has 0 bridgehead atoms. The highest BCUT2D eigenvalue weighted by atomic mass is 35.5. The summed E-state index contributed by atoms with van der Waals surface area (Å²) in [5, 5.41) is 11.7. The Morgan fingerprint density at radius 3 is 2.49 bits per heavy atom. The summed E-state index contributed by atoms with van der Waals surface area (Å²) in [6, 6.07) is 15.3. The van der Waals surface area contributed by atoms with Gasteiger partial charge in [-0.05, 0) is 78.7 Å². The number of nitrogens with zero attached hydrogens (tertiary/aromatic N) is 4. The van der Waals surface area contributed by atoms with Crippen LogP contribution >= 0.6 is 11.6 Å². The molecule has 9 heteroatoms. The molecule has 1 aliphatic carbocycles. The van der Waals surface area contributed by atoms with Crippen LogP contribution < -0.4 is 10.6 Å². The molecule has 2 N–H and O–H groups in total. The van der Waals surface area contributed by atoms with E-state index in [0.717, 1.165) is 38.0 Å². The number of benzene rings is 2. The molecule has 228 valence electrons. The Balaban J connectivity index is 1.12. The van der Waals surface area contributed by atoms with Gasteiger partial charge in [0.25, 0.3) is 0 Å². The number of rotatable bonds is 9. The summed E-state index contributed by atoms with van der Waals surface area (Å²) in [6.07, 6.45) is 13.3. The number of hydrogen-bond acceptors (Lipinski definition) is 5. The van der Waals surface area contributed by atoms with Gasteiger partial charge in [-0.1, -0.05) is 67.3 Å². The van der Waals surface area contributed by atoms with Crippen molar-refractivity contribution in [2.24, 2.45) is 11.3 Å². The molecule has 0 spiro atoms. The number of aromatic nitrogens is 3. The number of piperidine rings is 1. The predicted molar refractivity (Wildman–Crippen MR) is 167 cm³/mol. The second-order valence-corrected chi connectivity index (χ2v) is 13.3. The van der Waals surface area contributed by atoms with Gasteiger partial charge in [-0.2, -0.15) is 5.10 Å². The fourth-order valence-electron chi connectivity index (χ4n) is 7.61. The van der Waals surface area contributed by atoms with Crippen molar-refractivity contribution in [3.05, 3.63) is 82.9 Å². The van der Waals surface area contributed by atoms with E-state index in [1.54, 1.807) is 6.33 Å². The number of fused-ring (bicyclic) bond motifs is 1. The molecular weight excluding hydrogens is 560 g/mol. The Kier molecular flexibility index (Phi) is 9.43. The molecule has 0 radical (unpaired) electrons. The Bertz CT molecular complexity index is 1360. The third-order valence-electron chi connectivity index (χ3n) is 10.1. The van der Waals surface area contributed by atoms with Crippen molar-refractivity contribution in [3.63, 3.8) is 0 Å². The normalized spacial score (nSPS) is 21.1. The van der Waals surface area contributed by atoms with Gasteiger partial charge in [0, 0.05) is 43.7 Å². The fourth-order valence-corrected chi connectivity index (χ4v) is 7.74. The second kappa shape index (κ2) is 13.6. The van der Waals surface area contributed by atoms with E-state index in [1.807, 2.05) is 52.3 Å². The zero-order chi connectivity index (χ0) is 29.6. The Hall–Kier alpha value is -3.23. The first-order valence-corrected chi connectivity index (χ1v) is 16.3. The minimum absolute atomic E-state index is 0.0518. The minimum atomic E-state index is -0.319. The van der Waals surface area contributed by atoms with E-state index in [2.05, 4.69) is 32.8 Å². The molecule has 43 heavy (non-hydrogen) atoms. The largest absolute Gasteiger partial charge is 0.351 e. The number of carbonyl (C=O) groups is 2. The van der Waals surface area contributed by atoms with Crippen molar-refractivity contribution >= 4 is 23.4 Å². The average Bonchev–Trinajstić information content (AvgIpc) is 3.55. The lowest BCUT2D eigenvalue weighted by Gasteiger charge is -2.48. The molecule has 2 atom stereocenters. The maximum atomic E-state index is 13.8. The average molecular weight is 603 g/mol. The van der Waals surface area contributed by atoms with Crippen LogP contribution in [0.4, 0.5) is 0 Å². The molecular formula is C34H43ClN6O2. The molecule has 2 amide bonds. The lowest BCUT2D eigenvalue weighted by molar-refractivity contribution is -0.135. The van der Waals surface area contributed by atoms with Crippen LogP contribution in [0.1, 0.15) is 68.1 Å². The zero-order valence-electron chi connectivity index (χ0n) is 24.9. The van der Waals surface area contributed by atoms with Gasteiger partial charge in [-0.25, -0.2) is 4.98 Å². The summed E-state index contributed by atoms with van der Waals surface area (Å²) in [7, 11) is 0. The monoisotopic (exact) mass is 602 g/mol. The van der Waals surface area contributed by atoms with E-state index < -0.39 is 0 Å². The first-order valence-electron chi connectivity index (χ1n) is 15.9. The number of carbonyl (C=O) groups excluding carboxylic acids is 2. The summed E-state index contributed by atoms with van der Waals surface area (Å²) >= 11 is 6.14. The summed E-state index contributed by atoms with van der Waals surface area (Å²) < 4.78 is 1.99. The summed E-state index contributed by atoms with van der Waals surface area (Å²) in [6.45, 7) is 3.02. The van der Waals surface area contributed by atoms with Crippen LogP contribution in [0.5, 0.6) is 0 Å². The van der Waals surface area contributed by atoms with E-state index in [1.165, 1.54) is 43.2 Å². The molecule has 3 aliphatic rings. The van der Waals surface area contributed by atoms with Crippen molar-refractivity contribution in [2.75, 3.05) is 13.1 Å². The third-order valence-corrected chi connectivity index (χ3v) is 10.3. The molecule has 2 aliphatic heterocycles. The summed E-state index contributed by atoms with van der Waals surface area (Å²) in [5.41, 5.74) is 3.63. The Labute approximate surface area is 259 Å². The first kappa shape index (κ1) is 29.8. The predicted octanol–water partition coefficient (Wildman–Crippen LogP) is 4.95. The smallest absolute Gasteiger partial charge is 0.237 e. The molecule has 6 rings (SSSR count). The molecule has 2 fully saturated rings. The minimum Gasteiger partial charge on any atom is -0.351 e. The van der Waals surface area contributed by atoms with E-state index in [4.69, 9.17) is 11.6 Å². The van der Waals surface area contributed by atoms with Crippen LogP contribution in [0, 0.1) is 11.3 Å². The molecule has 3 aromatic rings. The van der Waals surface area contributed by atoms with Gasteiger partial charge in [-0.3, -0.25) is 14.3 Å². The first-order chi connectivity index (χ1) is 21.0. The van der Waals surface area contributed by atoms with Crippen LogP contribution in [0.2, 0.25) is 5.02 Å². The lowest BCUT2D eigenvalue weighted by Crippen LogP contribution is -2.53. The van der Waals surface area contributed by atoms with Gasteiger partial charge in [0.1, 0.15) is 12.7 Å². The number of amides is 2. The van der Waals surface area contributed by atoms with Gasteiger partial charge < -0.3 is 15.5 Å². The zero-order valence-corrected chi connectivity index (χ0v) is 25.6. The van der Waals surface area contributed by atoms with E-state index in [9.17, 15) is 9.59 Å². The maximum absolute atomic E-state index is 13.8. The molecule has 2 aromatic carbocycles. The van der Waals surface area contributed by atoms with Gasteiger partial charge in [-0.15, -0.1) is 0 Å². The molecule has 1 aromatic heterocycles. The Morgan fingerprint density at radius 1 is 1.02 bits per heavy atom. The molecule has 1 saturated carbocycles. The number of halogens is 1. The topological polar surface area (TPSA) is 92.2 Å². The van der Waals surface area contributed by atoms with E-state index in [0.29, 0.717) is 30.3 Å². The van der Waals surface area contributed by atoms with Gasteiger partial charge in [0.15, 0.2) is 0 Å². The van der Waals surface area contributed by atoms with Crippen LogP contribution in [0.15, 0.2) is 61.2 Å². The van der Waals surface area contributed by atoms with Crippen molar-refractivity contribution in [1.29, 1.82) is 0 Å². The van der Waals surface area contributed by atoms with Crippen LogP contribution in [0.3, 0.4) is 0 Å². The fraction of sp³-hybridized carbons (Fsp3) is 0.529. The van der Waals surface area contributed by atoms with Gasteiger partial charge >= 0.3 is 0 Å². The molecule has 0 unspecified atom stereocenters. The summed E-state index contributed by atoms with van der Waals surface area (Å²) in [4.78, 5) is 33.5. The summed E-state index contributed by atoms with van der Waals surface area (Å²) in [5.74, 6) is 0.719. The van der Waals surface area contributed by atoms with Crippen molar-refractivity contribution in [1.82, 2.24) is 30.3 Å². The van der Waals surface area contributed by atoms with E-state index in [-0.39, 0.29) is 35.7 Å². The molecule has 3 heterocycles. The van der Waals surface area contributed by atoms with Crippen LogP contribution in [-0.4, -0.2) is 56.7 Å². The quantitative estimate of drug-likeness (QED) is 0.361. The lowest BCUT2D eigenvalue weighted by atomic mass is 9.63. The SMILES string of the molecule is O=C(N[C@@H](CC(=O)N1CCC(Cn2cncn2)(C2CCCCC2)CC1)Cc1ccc(Cl)cc1)[C@H]1Cc2ccccc2CN1. The maximum Gasteiger partial charge on any atom is 0.237 e. The number of hydrogen-bond donors (Lipinski definition) is 2. The highest BCUT2D eigenvalue weighted by molar-refractivity contribution is 6.30. The van der Waals surface area contributed by atoms with Gasteiger partial charge in [0.2, 0.25) is 11.8 Å². The Morgan fingerprint density at radius 2 is 1.77 bits per heavy atom. The standard InChI is InChI=1S/C34H43ClN6O2/c35-29-12-10-25(11-13-29)18-30(39-33(43)31-19-26-6-4-5-7-27(26)21-37-31)20-32(42)40-16-14-34(15-17-40,22-41-24-36-23-38-41)28-8-2-1-3-9-28/h4-7,10-13,23-24,28,30-31,37H,1-3,8-9,14-22H2,(H,39,43)/t30-,31-/m1/s1. The van der Waals surface area contributed by atoms with Crippen molar-refractivity contribution in [3.8, 4) is 0 Å². The van der Waals surface area contributed by atoms with Crippen LogP contribution in [-0.2, 0) is 35.5 Å². The van der Waals surface area contributed by atoms with E-state index >= 15 is 0 Å². The third kappa shape index (κ3) is 7.29. The van der Waals surface area contributed by atoms with Crippen LogP contribution in [0.25, 0.3) is 0 Å². The number of nitrogens with one attached hydrogen (secondary N) is 2. The molecule has 1 saturated heterocycles. The highest BCUT2D eigenvalue weighted by Gasteiger charge is 2.43. The molecule has 8 nitrogen and oxygen atoms in total. The van der Waals surface area contributed by atoms with Crippen molar-refractivity contribution < 1.29 is 9.59 Å². The second-order valence-electron chi connectivity index (χ2n) is 12.8.